The molecule has 1 aliphatic heterocycles. The fraction of sp³-hybridized carbons (Fsp3) is 0.0476. The van der Waals surface area contributed by atoms with E-state index in [1.165, 1.54) is 29.4 Å². The molecule has 0 bridgehead atoms. The van der Waals surface area contributed by atoms with E-state index in [-0.39, 0.29) is 33.6 Å². The lowest BCUT2D eigenvalue weighted by molar-refractivity contribution is -0.129. The summed E-state index contributed by atoms with van der Waals surface area (Å²) >= 11 is 11.0. The van der Waals surface area contributed by atoms with Crippen molar-refractivity contribution in [3.63, 3.8) is 0 Å². The highest BCUT2D eigenvalue weighted by molar-refractivity contribution is 7.80. The van der Waals surface area contributed by atoms with Crippen molar-refractivity contribution in [3.05, 3.63) is 76.4 Å². The predicted octanol–water partition coefficient (Wildman–Crippen LogP) is 3.72. The number of carboxylic acids is 1. The molecule has 2 N–H and O–H groups in total. The number of nitrogens with one attached hydrogen (secondary N) is 1. The number of benzene rings is 1. The van der Waals surface area contributed by atoms with Gasteiger partial charge in [0.2, 0.25) is 0 Å². The summed E-state index contributed by atoms with van der Waals surface area (Å²) in [6.07, 6.45) is 2.77. The Hall–Kier alpha value is -3.69. The monoisotopic (exact) mass is 456 g/mol. The lowest BCUT2D eigenvalue weighted by atomic mass is 10.1. The van der Waals surface area contributed by atoms with Crippen LogP contribution in [0.15, 0.2) is 63.1 Å². The molecule has 0 radical (unpaired) electrons. The summed E-state index contributed by atoms with van der Waals surface area (Å²) in [5.74, 6) is -1.34. The number of rotatable bonds is 5. The van der Waals surface area contributed by atoms with Gasteiger partial charge < -0.3 is 13.9 Å². The number of halogens is 1. The smallest absolute Gasteiger partial charge is 0.337 e. The second kappa shape index (κ2) is 8.21. The van der Waals surface area contributed by atoms with Gasteiger partial charge in [0.05, 0.1) is 23.4 Å². The Morgan fingerprint density at radius 2 is 2.03 bits per heavy atom. The number of carbonyl (C=O) groups excluding carboxylic acids is 2. The molecule has 1 saturated heterocycles. The summed E-state index contributed by atoms with van der Waals surface area (Å²) in [6.45, 7) is 0.0639. The molecular formula is C21H13ClN2O6S. The fourth-order valence-electron chi connectivity index (χ4n) is 2.97. The molecule has 156 valence electrons. The Labute approximate surface area is 185 Å². The van der Waals surface area contributed by atoms with Crippen molar-refractivity contribution in [1.29, 1.82) is 0 Å². The van der Waals surface area contributed by atoms with Gasteiger partial charge in [-0.3, -0.25) is 19.8 Å². The molecule has 1 fully saturated rings. The number of hydrogen-bond donors (Lipinski definition) is 2. The van der Waals surface area contributed by atoms with Crippen LogP contribution in [-0.4, -0.2) is 32.9 Å². The van der Waals surface area contributed by atoms with E-state index in [1.54, 1.807) is 30.3 Å². The highest BCUT2D eigenvalue weighted by Crippen LogP contribution is 2.28. The number of carboxylic acid groups (broad SMARTS) is 1. The molecule has 0 unspecified atom stereocenters. The third-order valence-electron chi connectivity index (χ3n) is 4.47. The molecule has 2 amide bonds. The van der Waals surface area contributed by atoms with Gasteiger partial charge >= 0.3 is 5.97 Å². The first-order chi connectivity index (χ1) is 14.8. The highest BCUT2D eigenvalue weighted by Gasteiger charge is 2.34. The predicted molar refractivity (Wildman–Crippen MR) is 114 cm³/mol. The zero-order valence-electron chi connectivity index (χ0n) is 15.6. The van der Waals surface area contributed by atoms with Crippen molar-refractivity contribution in [2.75, 3.05) is 0 Å². The highest BCUT2D eigenvalue weighted by atomic mass is 35.5. The maximum Gasteiger partial charge on any atom is 0.337 e. The normalized spacial score (nSPS) is 15.5. The van der Waals surface area contributed by atoms with Crippen LogP contribution < -0.4 is 5.32 Å². The Bertz CT molecular complexity index is 1240. The molecule has 0 saturated carbocycles. The van der Waals surface area contributed by atoms with Crippen LogP contribution in [0.25, 0.3) is 17.4 Å². The van der Waals surface area contributed by atoms with Gasteiger partial charge in [-0.1, -0.05) is 11.6 Å². The standard InChI is InChI=1S/C21H13ClN2O6S/c22-16-5-3-11(8-14(16)20(27)28)17-6-4-12(30-17)9-15-18(25)23-21(31)24(19(15)26)10-13-2-1-7-29-13/h1-9H,10H2,(H,27,28)(H,23,25,31)/b15-9+. The minimum absolute atomic E-state index is 0.0222. The van der Waals surface area contributed by atoms with E-state index in [1.807, 2.05) is 0 Å². The number of thiocarbonyl (C=S) groups is 1. The largest absolute Gasteiger partial charge is 0.478 e. The minimum atomic E-state index is -1.17. The van der Waals surface area contributed by atoms with E-state index in [2.05, 4.69) is 5.32 Å². The molecule has 0 atom stereocenters. The molecule has 3 aromatic rings. The van der Waals surface area contributed by atoms with Crippen molar-refractivity contribution >= 4 is 52.8 Å². The van der Waals surface area contributed by atoms with Crippen molar-refractivity contribution < 1.29 is 28.3 Å². The number of hydrogen-bond acceptors (Lipinski definition) is 6. The fourth-order valence-corrected chi connectivity index (χ4v) is 3.40. The Morgan fingerprint density at radius 3 is 2.74 bits per heavy atom. The summed E-state index contributed by atoms with van der Waals surface area (Å²) in [7, 11) is 0. The third-order valence-corrected chi connectivity index (χ3v) is 5.13. The molecule has 10 heteroatoms. The Morgan fingerprint density at radius 1 is 1.23 bits per heavy atom. The molecule has 31 heavy (non-hydrogen) atoms. The van der Waals surface area contributed by atoms with Crippen LogP contribution in [0.2, 0.25) is 5.02 Å². The maximum atomic E-state index is 12.9. The molecule has 0 aliphatic carbocycles. The summed E-state index contributed by atoms with van der Waals surface area (Å²) in [5, 5.41) is 11.8. The number of aromatic carboxylic acids is 1. The van der Waals surface area contributed by atoms with E-state index < -0.39 is 17.8 Å². The lowest BCUT2D eigenvalue weighted by Gasteiger charge is -2.27. The molecule has 2 aromatic heterocycles. The minimum Gasteiger partial charge on any atom is -0.478 e. The summed E-state index contributed by atoms with van der Waals surface area (Å²) in [4.78, 5) is 37.7. The van der Waals surface area contributed by atoms with E-state index in [4.69, 9.17) is 32.7 Å². The van der Waals surface area contributed by atoms with Crippen LogP contribution in [0.4, 0.5) is 0 Å². The van der Waals surface area contributed by atoms with Crippen LogP contribution in [0.1, 0.15) is 21.9 Å². The second-order valence-electron chi connectivity index (χ2n) is 6.49. The van der Waals surface area contributed by atoms with E-state index in [0.717, 1.165) is 0 Å². The summed E-state index contributed by atoms with van der Waals surface area (Å²) in [5.41, 5.74) is 0.245. The summed E-state index contributed by atoms with van der Waals surface area (Å²) in [6, 6.07) is 11.0. The van der Waals surface area contributed by atoms with Crippen molar-refractivity contribution in [1.82, 2.24) is 10.2 Å². The molecule has 1 aliphatic rings. The van der Waals surface area contributed by atoms with Crippen molar-refractivity contribution in [2.45, 2.75) is 6.54 Å². The quantitative estimate of drug-likeness (QED) is 0.341. The van der Waals surface area contributed by atoms with E-state index in [9.17, 15) is 19.5 Å². The average molecular weight is 457 g/mol. The zero-order valence-corrected chi connectivity index (χ0v) is 17.2. The van der Waals surface area contributed by atoms with Crippen LogP contribution in [-0.2, 0) is 16.1 Å². The van der Waals surface area contributed by atoms with Gasteiger partial charge in [0.1, 0.15) is 22.9 Å². The first-order valence-corrected chi connectivity index (χ1v) is 9.66. The first-order valence-electron chi connectivity index (χ1n) is 8.88. The summed E-state index contributed by atoms with van der Waals surface area (Å²) < 4.78 is 10.9. The van der Waals surface area contributed by atoms with Gasteiger partial charge in [-0.2, -0.15) is 0 Å². The maximum absolute atomic E-state index is 12.9. The second-order valence-corrected chi connectivity index (χ2v) is 7.28. The van der Waals surface area contributed by atoms with E-state index >= 15 is 0 Å². The van der Waals surface area contributed by atoms with Gasteiger partial charge in [0, 0.05) is 5.56 Å². The molecule has 3 heterocycles. The zero-order chi connectivity index (χ0) is 22.1. The van der Waals surface area contributed by atoms with Gasteiger partial charge in [-0.05, 0) is 60.8 Å². The van der Waals surface area contributed by atoms with Crippen molar-refractivity contribution in [3.8, 4) is 11.3 Å². The third kappa shape index (κ3) is 4.14. The van der Waals surface area contributed by atoms with Crippen LogP contribution in [0.3, 0.4) is 0 Å². The van der Waals surface area contributed by atoms with Crippen LogP contribution >= 0.6 is 23.8 Å². The molecule has 4 rings (SSSR count). The van der Waals surface area contributed by atoms with E-state index in [0.29, 0.717) is 17.1 Å². The van der Waals surface area contributed by atoms with Crippen molar-refractivity contribution in [2.24, 2.45) is 0 Å². The molecular weight excluding hydrogens is 444 g/mol. The Kier molecular flexibility index (Phi) is 5.45. The van der Waals surface area contributed by atoms with Gasteiger partial charge in [0.25, 0.3) is 11.8 Å². The topological polar surface area (TPSA) is 113 Å². The van der Waals surface area contributed by atoms with Crippen LogP contribution in [0.5, 0.6) is 0 Å². The molecule has 8 nitrogen and oxygen atoms in total. The SMILES string of the molecule is O=C1NC(=S)N(Cc2ccco2)C(=O)/C1=C/c1ccc(-c2ccc(Cl)c(C(=O)O)c2)o1. The first kappa shape index (κ1) is 20.6. The lowest BCUT2D eigenvalue weighted by Crippen LogP contribution is -2.53. The number of amides is 2. The average Bonchev–Trinajstić information content (AvgIpc) is 3.40. The molecule has 0 spiro atoms. The number of furan rings is 2. The number of nitrogens with zero attached hydrogens (tertiary/aromatic N) is 1. The molecule has 1 aromatic carbocycles. The van der Waals surface area contributed by atoms with Crippen LogP contribution in [0, 0.1) is 0 Å². The number of carbonyl (C=O) groups is 3. The Balaban J connectivity index is 1.62. The van der Waals surface area contributed by atoms with Gasteiger partial charge in [0.15, 0.2) is 5.11 Å². The van der Waals surface area contributed by atoms with Gasteiger partial charge in [-0.25, -0.2) is 4.79 Å². The van der Waals surface area contributed by atoms with Gasteiger partial charge in [-0.15, -0.1) is 0 Å².